The third kappa shape index (κ3) is 2.42. The first-order chi connectivity index (χ1) is 10.3. The normalized spacial score (nSPS) is 22.3. The molecule has 1 atom stereocenters. The zero-order valence-electron chi connectivity index (χ0n) is 12.2. The molecule has 4 rings (SSSR count). The molecule has 1 unspecified atom stereocenters. The van der Waals surface area contributed by atoms with Crippen molar-refractivity contribution in [2.45, 2.75) is 38.8 Å². The lowest BCUT2D eigenvalue weighted by Gasteiger charge is -2.29. The van der Waals surface area contributed by atoms with Crippen LogP contribution in [-0.4, -0.2) is 50.5 Å². The van der Waals surface area contributed by atoms with Crippen LogP contribution in [0.3, 0.4) is 0 Å². The number of aryl methyl sites for hydroxylation is 2. The van der Waals surface area contributed by atoms with Gasteiger partial charge in [0.2, 0.25) is 5.95 Å². The highest BCUT2D eigenvalue weighted by atomic mass is 16.5. The van der Waals surface area contributed by atoms with Crippen LogP contribution in [0.4, 0.5) is 5.95 Å². The molecule has 21 heavy (non-hydrogen) atoms. The Balaban J connectivity index is 1.57. The number of nitrogens with zero attached hydrogens (tertiary/aromatic N) is 5. The summed E-state index contributed by atoms with van der Waals surface area (Å²) in [5.41, 5.74) is 0.895. The minimum absolute atomic E-state index is 0.223. The predicted molar refractivity (Wildman–Crippen MR) is 78.2 cm³/mol. The van der Waals surface area contributed by atoms with E-state index in [9.17, 15) is 0 Å². The molecule has 0 spiro atoms. The lowest BCUT2D eigenvalue weighted by atomic mass is 10.2. The van der Waals surface area contributed by atoms with Crippen LogP contribution in [0.5, 0.6) is 0 Å². The maximum atomic E-state index is 5.55. The van der Waals surface area contributed by atoms with Gasteiger partial charge in [-0.2, -0.15) is 4.98 Å². The van der Waals surface area contributed by atoms with Crippen molar-refractivity contribution in [1.29, 1.82) is 0 Å². The van der Waals surface area contributed by atoms with Gasteiger partial charge in [-0.1, -0.05) is 0 Å². The van der Waals surface area contributed by atoms with Crippen molar-refractivity contribution in [3.05, 3.63) is 12.0 Å². The van der Waals surface area contributed by atoms with Gasteiger partial charge in [-0.3, -0.25) is 5.10 Å². The van der Waals surface area contributed by atoms with E-state index in [0.29, 0.717) is 0 Å². The minimum atomic E-state index is 0.223. The Kier molecular flexibility index (Phi) is 3.14. The number of H-pyrrole nitrogens is 1. The molecule has 0 aliphatic carbocycles. The molecule has 0 aromatic carbocycles. The van der Waals surface area contributed by atoms with Gasteiger partial charge in [0.25, 0.3) is 0 Å². The van der Waals surface area contributed by atoms with Gasteiger partial charge in [-0.05, 0) is 19.8 Å². The first kappa shape index (κ1) is 12.8. The SMILES string of the molecule is CC1CN(c2n[nH]c(-c3cn4c(n3)CCCC4)n2)CCO1. The van der Waals surface area contributed by atoms with Gasteiger partial charge >= 0.3 is 0 Å². The summed E-state index contributed by atoms with van der Waals surface area (Å²) in [5.74, 6) is 2.66. The Labute approximate surface area is 123 Å². The van der Waals surface area contributed by atoms with E-state index < -0.39 is 0 Å². The smallest absolute Gasteiger partial charge is 0.245 e. The topological polar surface area (TPSA) is 71.9 Å². The van der Waals surface area contributed by atoms with Gasteiger partial charge in [0.05, 0.1) is 12.7 Å². The molecule has 4 heterocycles. The van der Waals surface area contributed by atoms with Gasteiger partial charge in [0, 0.05) is 32.3 Å². The Morgan fingerprint density at radius 2 is 2.24 bits per heavy atom. The lowest BCUT2D eigenvalue weighted by molar-refractivity contribution is 0.0526. The van der Waals surface area contributed by atoms with Gasteiger partial charge in [0.15, 0.2) is 5.82 Å². The van der Waals surface area contributed by atoms with Gasteiger partial charge in [-0.25, -0.2) is 4.98 Å². The summed E-state index contributed by atoms with van der Waals surface area (Å²) in [6, 6.07) is 0. The molecule has 0 saturated carbocycles. The zero-order chi connectivity index (χ0) is 14.2. The molecule has 1 N–H and O–H groups in total. The maximum absolute atomic E-state index is 5.55. The number of morpholine rings is 1. The number of aromatic amines is 1. The summed E-state index contributed by atoms with van der Waals surface area (Å²) in [4.78, 5) is 11.4. The number of anilines is 1. The summed E-state index contributed by atoms with van der Waals surface area (Å²) in [7, 11) is 0. The highest BCUT2D eigenvalue weighted by Gasteiger charge is 2.21. The van der Waals surface area contributed by atoms with Crippen LogP contribution in [0.25, 0.3) is 11.5 Å². The second kappa shape index (κ2) is 5.14. The first-order valence-electron chi connectivity index (χ1n) is 7.65. The Morgan fingerprint density at radius 3 is 3.10 bits per heavy atom. The maximum Gasteiger partial charge on any atom is 0.245 e. The van der Waals surface area contributed by atoms with Crippen molar-refractivity contribution in [1.82, 2.24) is 24.7 Å². The number of imidazole rings is 1. The number of ether oxygens (including phenoxy) is 1. The second-order valence-corrected chi connectivity index (χ2v) is 5.80. The Hall–Kier alpha value is -1.89. The van der Waals surface area contributed by atoms with Gasteiger partial charge < -0.3 is 14.2 Å². The fourth-order valence-electron chi connectivity index (χ4n) is 3.04. The first-order valence-corrected chi connectivity index (χ1v) is 7.65. The summed E-state index contributed by atoms with van der Waals surface area (Å²) in [6.45, 7) is 5.52. The third-order valence-corrected chi connectivity index (χ3v) is 4.15. The molecule has 1 fully saturated rings. The highest BCUT2D eigenvalue weighted by Crippen LogP contribution is 2.22. The van der Waals surface area contributed by atoms with Crippen LogP contribution < -0.4 is 4.90 Å². The van der Waals surface area contributed by atoms with E-state index in [-0.39, 0.29) is 6.10 Å². The summed E-state index contributed by atoms with van der Waals surface area (Å²) < 4.78 is 7.79. The highest BCUT2D eigenvalue weighted by molar-refractivity contribution is 5.51. The van der Waals surface area contributed by atoms with E-state index in [0.717, 1.165) is 56.0 Å². The molecule has 1 saturated heterocycles. The molecule has 112 valence electrons. The van der Waals surface area contributed by atoms with Crippen molar-refractivity contribution in [3.8, 4) is 11.5 Å². The van der Waals surface area contributed by atoms with E-state index in [4.69, 9.17) is 4.74 Å². The monoisotopic (exact) mass is 288 g/mol. The quantitative estimate of drug-likeness (QED) is 0.900. The Bertz CT molecular complexity index is 610. The number of hydrogen-bond acceptors (Lipinski definition) is 5. The number of aromatic nitrogens is 5. The average molecular weight is 288 g/mol. The lowest BCUT2D eigenvalue weighted by Crippen LogP contribution is -2.41. The largest absolute Gasteiger partial charge is 0.375 e. The summed E-state index contributed by atoms with van der Waals surface area (Å²) in [6.07, 6.45) is 5.82. The number of fused-ring (bicyclic) bond motifs is 1. The summed E-state index contributed by atoms with van der Waals surface area (Å²) in [5, 5.41) is 7.37. The predicted octanol–water partition coefficient (Wildman–Crippen LogP) is 1.23. The third-order valence-electron chi connectivity index (χ3n) is 4.15. The van der Waals surface area contributed by atoms with Crippen LogP contribution in [0.1, 0.15) is 25.6 Å². The molecular weight excluding hydrogens is 268 g/mol. The fourth-order valence-corrected chi connectivity index (χ4v) is 3.04. The minimum Gasteiger partial charge on any atom is -0.375 e. The zero-order valence-corrected chi connectivity index (χ0v) is 12.2. The standard InChI is InChI=1S/C14H20N6O/c1-10-8-20(6-7-21-10)14-16-13(17-18-14)11-9-19-5-3-2-4-12(19)15-11/h9-10H,2-8H2,1H3,(H,16,17,18). The van der Waals surface area contributed by atoms with E-state index in [1.807, 2.05) is 0 Å². The van der Waals surface area contributed by atoms with Crippen molar-refractivity contribution in [2.24, 2.45) is 0 Å². The number of rotatable bonds is 2. The molecule has 2 aromatic rings. The van der Waals surface area contributed by atoms with E-state index >= 15 is 0 Å². The second-order valence-electron chi connectivity index (χ2n) is 5.80. The van der Waals surface area contributed by atoms with Crippen molar-refractivity contribution in [2.75, 3.05) is 24.6 Å². The molecule has 7 heteroatoms. The molecule has 0 bridgehead atoms. The molecule has 2 aliphatic rings. The van der Waals surface area contributed by atoms with Crippen molar-refractivity contribution < 1.29 is 4.74 Å². The molecular formula is C14H20N6O. The molecule has 2 aliphatic heterocycles. The van der Waals surface area contributed by atoms with Crippen molar-refractivity contribution in [3.63, 3.8) is 0 Å². The molecule has 2 aromatic heterocycles. The average Bonchev–Trinajstić information content (AvgIpc) is 3.14. The van der Waals surface area contributed by atoms with Gasteiger partial charge in [0.1, 0.15) is 11.5 Å². The van der Waals surface area contributed by atoms with E-state index in [1.54, 1.807) is 0 Å². The van der Waals surface area contributed by atoms with Crippen LogP contribution in [-0.2, 0) is 17.7 Å². The fraction of sp³-hybridized carbons (Fsp3) is 0.643. The molecule has 0 radical (unpaired) electrons. The number of hydrogen-bond donors (Lipinski definition) is 1. The summed E-state index contributed by atoms with van der Waals surface area (Å²) >= 11 is 0. The van der Waals surface area contributed by atoms with Crippen molar-refractivity contribution >= 4 is 5.95 Å². The van der Waals surface area contributed by atoms with Crippen LogP contribution >= 0.6 is 0 Å². The van der Waals surface area contributed by atoms with Crippen LogP contribution in [0.15, 0.2) is 6.20 Å². The number of nitrogens with one attached hydrogen (secondary N) is 1. The van der Waals surface area contributed by atoms with E-state index in [1.165, 1.54) is 12.8 Å². The van der Waals surface area contributed by atoms with Crippen LogP contribution in [0, 0.1) is 0 Å². The Morgan fingerprint density at radius 1 is 1.29 bits per heavy atom. The van der Waals surface area contributed by atoms with Gasteiger partial charge in [-0.15, -0.1) is 5.10 Å². The van der Waals surface area contributed by atoms with E-state index in [2.05, 4.69) is 42.8 Å². The van der Waals surface area contributed by atoms with Crippen LogP contribution in [0.2, 0.25) is 0 Å². The molecule has 0 amide bonds. The molecule has 7 nitrogen and oxygen atoms in total.